The molecule has 0 atom stereocenters. The van der Waals surface area contributed by atoms with E-state index in [0.717, 1.165) is 29.5 Å². The van der Waals surface area contributed by atoms with Gasteiger partial charge in [-0.25, -0.2) is 9.78 Å². The molecule has 0 unspecified atom stereocenters. The minimum atomic E-state index is -0.128. The number of hydrogen-bond acceptors (Lipinski definition) is 3. The first-order valence-corrected chi connectivity index (χ1v) is 8.53. The van der Waals surface area contributed by atoms with Crippen LogP contribution in [0.15, 0.2) is 18.2 Å². The van der Waals surface area contributed by atoms with Crippen LogP contribution in [0.1, 0.15) is 44.6 Å². The fraction of sp³-hybridized carbons (Fsp3) is 0.500. The molecule has 4 nitrogen and oxygen atoms in total. The summed E-state index contributed by atoms with van der Waals surface area (Å²) in [5.74, 6) is 0. The molecule has 1 aromatic heterocycles. The van der Waals surface area contributed by atoms with Gasteiger partial charge in [0.05, 0.1) is 10.2 Å². The van der Waals surface area contributed by atoms with Crippen molar-refractivity contribution in [1.29, 1.82) is 0 Å². The number of aromatic nitrogens is 1. The van der Waals surface area contributed by atoms with Gasteiger partial charge < -0.3 is 5.32 Å². The third kappa shape index (κ3) is 3.53. The van der Waals surface area contributed by atoms with Gasteiger partial charge in [0.1, 0.15) is 0 Å². The second kappa shape index (κ2) is 6.43. The summed E-state index contributed by atoms with van der Waals surface area (Å²) in [6.45, 7) is 2.14. The van der Waals surface area contributed by atoms with Gasteiger partial charge >= 0.3 is 6.03 Å². The van der Waals surface area contributed by atoms with Gasteiger partial charge in [0.15, 0.2) is 5.13 Å². The average Bonchev–Trinajstić information content (AvgIpc) is 2.89. The first kappa shape index (κ1) is 14.3. The van der Waals surface area contributed by atoms with Crippen LogP contribution in [0.2, 0.25) is 0 Å². The van der Waals surface area contributed by atoms with Gasteiger partial charge in [-0.2, -0.15) is 0 Å². The summed E-state index contributed by atoms with van der Waals surface area (Å²) in [6, 6.07) is 6.46. The Morgan fingerprint density at radius 3 is 2.90 bits per heavy atom. The van der Waals surface area contributed by atoms with Gasteiger partial charge in [0, 0.05) is 6.04 Å². The molecule has 1 heterocycles. The number of carbonyl (C=O) groups is 1. The molecular weight excluding hydrogens is 282 g/mol. The normalized spacial score (nSPS) is 16.0. The Bertz CT molecular complexity index is 631. The van der Waals surface area contributed by atoms with E-state index in [1.807, 2.05) is 6.07 Å². The van der Waals surface area contributed by atoms with Gasteiger partial charge in [-0.1, -0.05) is 43.6 Å². The number of anilines is 1. The molecule has 1 fully saturated rings. The molecule has 1 saturated carbocycles. The van der Waals surface area contributed by atoms with Crippen molar-refractivity contribution in [3.63, 3.8) is 0 Å². The minimum absolute atomic E-state index is 0.128. The van der Waals surface area contributed by atoms with Crippen LogP contribution in [-0.2, 0) is 6.42 Å². The maximum absolute atomic E-state index is 12.0. The number of thiazole rings is 1. The number of urea groups is 1. The van der Waals surface area contributed by atoms with Crippen molar-refractivity contribution in [3.05, 3.63) is 23.8 Å². The minimum Gasteiger partial charge on any atom is -0.335 e. The lowest BCUT2D eigenvalue weighted by molar-refractivity contribution is 0.244. The van der Waals surface area contributed by atoms with Gasteiger partial charge in [-0.3, -0.25) is 5.32 Å². The van der Waals surface area contributed by atoms with Crippen molar-refractivity contribution in [2.75, 3.05) is 5.32 Å². The molecule has 3 rings (SSSR count). The summed E-state index contributed by atoms with van der Waals surface area (Å²) >= 11 is 1.53. The lowest BCUT2D eigenvalue weighted by Gasteiger charge is -2.22. The van der Waals surface area contributed by atoms with Crippen LogP contribution < -0.4 is 10.6 Å². The molecule has 0 bridgehead atoms. The second-order valence-corrected chi connectivity index (χ2v) is 6.64. The number of aryl methyl sites for hydroxylation is 1. The molecule has 1 aromatic carbocycles. The van der Waals surface area contributed by atoms with Gasteiger partial charge in [-0.15, -0.1) is 0 Å². The molecule has 0 aliphatic heterocycles. The Hall–Kier alpha value is -1.62. The maximum Gasteiger partial charge on any atom is 0.321 e. The fourth-order valence-corrected chi connectivity index (χ4v) is 3.73. The number of hydrogen-bond donors (Lipinski definition) is 2. The predicted molar refractivity (Wildman–Crippen MR) is 88.0 cm³/mol. The van der Waals surface area contributed by atoms with Crippen LogP contribution in [0.4, 0.5) is 9.93 Å². The standard InChI is InChI=1S/C16H21N3OS/c1-2-11-8-9-13-14(10-11)21-16(18-13)19-15(20)17-12-6-4-3-5-7-12/h8-10,12H,2-7H2,1H3,(H2,17,18,19,20). The summed E-state index contributed by atoms with van der Waals surface area (Å²) in [6.07, 6.45) is 6.91. The second-order valence-electron chi connectivity index (χ2n) is 5.61. The van der Waals surface area contributed by atoms with Crippen LogP contribution in [-0.4, -0.2) is 17.1 Å². The summed E-state index contributed by atoms with van der Waals surface area (Å²) in [4.78, 5) is 16.5. The molecule has 2 aromatic rings. The van der Waals surface area contributed by atoms with Crippen molar-refractivity contribution in [2.24, 2.45) is 0 Å². The molecule has 1 aliphatic rings. The number of benzene rings is 1. The number of amides is 2. The molecule has 1 aliphatic carbocycles. The van der Waals surface area contributed by atoms with Gasteiger partial charge in [-0.05, 0) is 37.0 Å². The largest absolute Gasteiger partial charge is 0.335 e. The fourth-order valence-electron chi connectivity index (χ4n) is 2.81. The number of carbonyl (C=O) groups excluding carboxylic acids is 1. The summed E-state index contributed by atoms with van der Waals surface area (Å²) < 4.78 is 1.13. The van der Waals surface area contributed by atoms with E-state index in [2.05, 4.69) is 34.7 Å². The highest BCUT2D eigenvalue weighted by atomic mass is 32.1. The highest BCUT2D eigenvalue weighted by Crippen LogP contribution is 2.27. The van der Waals surface area contributed by atoms with E-state index in [-0.39, 0.29) is 6.03 Å². The van der Waals surface area contributed by atoms with Crippen LogP contribution in [0.25, 0.3) is 10.2 Å². The van der Waals surface area contributed by atoms with E-state index < -0.39 is 0 Å². The van der Waals surface area contributed by atoms with Gasteiger partial charge in [0.25, 0.3) is 0 Å². The molecule has 112 valence electrons. The predicted octanol–water partition coefficient (Wildman–Crippen LogP) is 4.31. The topological polar surface area (TPSA) is 54.0 Å². The zero-order valence-corrected chi connectivity index (χ0v) is 13.1. The molecule has 0 radical (unpaired) electrons. The molecule has 21 heavy (non-hydrogen) atoms. The SMILES string of the molecule is CCc1ccc2nc(NC(=O)NC3CCCCC3)sc2c1. The summed E-state index contributed by atoms with van der Waals surface area (Å²) in [5.41, 5.74) is 2.24. The highest BCUT2D eigenvalue weighted by molar-refractivity contribution is 7.22. The molecule has 0 saturated heterocycles. The molecular formula is C16H21N3OS. The van der Waals surface area contributed by atoms with E-state index >= 15 is 0 Å². The Morgan fingerprint density at radius 1 is 1.33 bits per heavy atom. The molecule has 2 N–H and O–H groups in total. The Balaban J connectivity index is 1.65. The van der Waals surface area contributed by atoms with Crippen molar-refractivity contribution in [1.82, 2.24) is 10.3 Å². The van der Waals surface area contributed by atoms with E-state index in [9.17, 15) is 4.79 Å². The maximum atomic E-state index is 12.0. The lowest BCUT2D eigenvalue weighted by Crippen LogP contribution is -2.38. The lowest BCUT2D eigenvalue weighted by atomic mass is 9.96. The molecule has 2 amide bonds. The van der Waals surface area contributed by atoms with Crippen LogP contribution in [0.3, 0.4) is 0 Å². The number of nitrogens with one attached hydrogen (secondary N) is 2. The van der Waals surface area contributed by atoms with E-state index in [0.29, 0.717) is 11.2 Å². The smallest absolute Gasteiger partial charge is 0.321 e. The third-order valence-corrected chi connectivity index (χ3v) is 4.96. The summed E-state index contributed by atoms with van der Waals surface area (Å²) in [7, 11) is 0. The Kier molecular flexibility index (Phi) is 4.39. The quantitative estimate of drug-likeness (QED) is 0.887. The van der Waals surface area contributed by atoms with Crippen LogP contribution in [0, 0.1) is 0 Å². The van der Waals surface area contributed by atoms with Crippen molar-refractivity contribution >= 4 is 32.7 Å². The number of fused-ring (bicyclic) bond motifs is 1. The van der Waals surface area contributed by atoms with E-state index in [4.69, 9.17) is 0 Å². The van der Waals surface area contributed by atoms with Crippen molar-refractivity contribution in [3.8, 4) is 0 Å². The Morgan fingerprint density at radius 2 is 2.14 bits per heavy atom. The Labute approximate surface area is 129 Å². The van der Waals surface area contributed by atoms with Gasteiger partial charge in [0.2, 0.25) is 0 Å². The zero-order chi connectivity index (χ0) is 14.7. The van der Waals surface area contributed by atoms with Crippen LogP contribution >= 0.6 is 11.3 Å². The highest BCUT2D eigenvalue weighted by Gasteiger charge is 2.16. The van der Waals surface area contributed by atoms with Crippen molar-refractivity contribution in [2.45, 2.75) is 51.5 Å². The summed E-state index contributed by atoms with van der Waals surface area (Å²) in [5, 5.41) is 6.60. The first-order chi connectivity index (χ1) is 10.2. The van der Waals surface area contributed by atoms with Crippen molar-refractivity contribution < 1.29 is 4.79 Å². The first-order valence-electron chi connectivity index (χ1n) is 7.71. The van der Waals surface area contributed by atoms with Crippen LogP contribution in [0.5, 0.6) is 0 Å². The van der Waals surface area contributed by atoms with E-state index in [1.54, 1.807) is 0 Å². The average molecular weight is 303 g/mol. The molecule has 5 heteroatoms. The third-order valence-electron chi connectivity index (χ3n) is 4.02. The monoisotopic (exact) mass is 303 g/mol. The number of rotatable bonds is 3. The van der Waals surface area contributed by atoms with E-state index in [1.165, 1.54) is 36.2 Å². The number of nitrogens with zero attached hydrogens (tertiary/aromatic N) is 1. The zero-order valence-electron chi connectivity index (χ0n) is 12.3. The molecule has 0 spiro atoms.